The molecule has 0 fully saturated rings. The molecule has 0 saturated carbocycles. The number of nitrogens with one attached hydrogen (secondary N) is 1. The Kier molecular flexibility index (Phi) is 4.06. The van der Waals surface area contributed by atoms with Crippen LogP contribution in [0.1, 0.15) is 15.9 Å². The van der Waals surface area contributed by atoms with Gasteiger partial charge in [-0.3, -0.25) is 9.48 Å². The topological polar surface area (TPSA) is 72.9 Å². The summed E-state index contributed by atoms with van der Waals surface area (Å²) in [7, 11) is 0. The first kappa shape index (κ1) is 13.4. The van der Waals surface area contributed by atoms with E-state index >= 15 is 0 Å². The molecular weight excluding hydrogens is 264 g/mol. The van der Waals surface area contributed by atoms with Crippen LogP contribution in [0.2, 0.25) is 5.02 Å². The Hall–Kier alpha value is -2.01. The minimum Gasteiger partial charge on any atom is -0.396 e. The molecule has 0 saturated heterocycles. The fourth-order valence-electron chi connectivity index (χ4n) is 1.62. The molecule has 0 atom stereocenters. The number of aryl methyl sites for hydroxylation is 1. The standard InChI is InChI=1S/C13H15ClN4O/c1-9-2-3-10(6-12(9)14)13(19)16-4-5-18-8-11(15)7-17-18/h2-3,6-8H,4-5,15H2,1H3,(H,16,19). The Bertz CT molecular complexity index is 594. The summed E-state index contributed by atoms with van der Waals surface area (Å²) in [6.45, 7) is 2.94. The fraction of sp³-hybridized carbons (Fsp3) is 0.231. The third-order valence-corrected chi connectivity index (χ3v) is 3.12. The molecule has 0 radical (unpaired) electrons. The number of halogens is 1. The summed E-state index contributed by atoms with van der Waals surface area (Å²) < 4.78 is 1.68. The van der Waals surface area contributed by atoms with Crippen LogP contribution in [-0.4, -0.2) is 22.2 Å². The molecule has 0 aliphatic heterocycles. The molecule has 2 aromatic rings. The van der Waals surface area contributed by atoms with Gasteiger partial charge in [0, 0.05) is 23.3 Å². The largest absolute Gasteiger partial charge is 0.396 e. The van der Waals surface area contributed by atoms with E-state index < -0.39 is 0 Å². The first-order valence-electron chi connectivity index (χ1n) is 5.88. The molecule has 1 aromatic carbocycles. The van der Waals surface area contributed by atoms with E-state index in [0.717, 1.165) is 5.56 Å². The van der Waals surface area contributed by atoms with Gasteiger partial charge in [-0.15, -0.1) is 0 Å². The quantitative estimate of drug-likeness (QED) is 0.896. The number of nitrogen functional groups attached to an aromatic ring is 1. The maximum Gasteiger partial charge on any atom is 0.251 e. The number of nitrogens with zero attached hydrogens (tertiary/aromatic N) is 2. The average molecular weight is 279 g/mol. The highest BCUT2D eigenvalue weighted by molar-refractivity contribution is 6.31. The summed E-state index contributed by atoms with van der Waals surface area (Å²) in [6, 6.07) is 5.24. The lowest BCUT2D eigenvalue weighted by atomic mass is 10.1. The fourth-order valence-corrected chi connectivity index (χ4v) is 1.80. The second-order valence-corrected chi connectivity index (χ2v) is 4.66. The van der Waals surface area contributed by atoms with Gasteiger partial charge in [0.1, 0.15) is 0 Å². The number of benzene rings is 1. The molecule has 19 heavy (non-hydrogen) atoms. The molecule has 0 aliphatic carbocycles. The van der Waals surface area contributed by atoms with Gasteiger partial charge in [-0.25, -0.2) is 0 Å². The normalized spacial score (nSPS) is 10.4. The second kappa shape index (κ2) is 5.75. The Morgan fingerprint density at radius 2 is 2.32 bits per heavy atom. The summed E-state index contributed by atoms with van der Waals surface area (Å²) in [5, 5.41) is 7.42. The Morgan fingerprint density at radius 1 is 1.53 bits per heavy atom. The lowest BCUT2D eigenvalue weighted by molar-refractivity contribution is 0.0952. The van der Waals surface area contributed by atoms with Crippen LogP contribution in [0.15, 0.2) is 30.6 Å². The highest BCUT2D eigenvalue weighted by Crippen LogP contribution is 2.16. The Morgan fingerprint density at radius 3 is 2.95 bits per heavy atom. The van der Waals surface area contributed by atoms with Gasteiger partial charge in [-0.1, -0.05) is 17.7 Å². The van der Waals surface area contributed by atoms with Gasteiger partial charge in [0.25, 0.3) is 5.91 Å². The Balaban J connectivity index is 1.89. The van der Waals surface area contributed by atoms with Crippen LogP contribution < -0.4 is 11.1 Å². The van der Waals surface area contributed by atoms with Crippen molar-refractivity contribution in [2.75, 3.05) is 12.3 Å². The molecule has 0 spiro atoms. The van der Waals surface area contributed by atoms with Crippen molar-refractivity contribution in [2.45, 2.75) is 13.5 Å². The van der Waals surface area contributed by atoms with Crippen LogP contribution in [0, 0.1) is 6.92 Å². The molecule has 1 amide bonds. The molecule has 0 unspecified atom stereocenters. The molecule has 6 heteroatoms. The van der Waals surface area contributed by atoms with Crippen molar-refractivity contribution in [1.29, 1.82) is 0 Å². The predicted octanol–water partition coefficient (Wildman–Crippen LogP) is 1.86. The SMILES string of the molecule is Cc1ccc(C(=O)NCCn2cc(N)cn2)cc1Cl. The molecule has 5 nitrogen and oxygen atoms in total. The number of hydrogen-bond donors (Lipinski definition) is 2. The highest BCUT2D eigenvalue weighted by Gasteiger charge is 2.06. The zero-order chi connectivity index (χ0) is 13.8. The smallest absolute Gasteiger partial charge is 0.251 e. The average Bonchev–Trinajstić information content (AvgIpc) is 2.78. The molecule has 1 aromatic heterocycles. The van der Waals surface area contributed by atoms with Crippen molar-refractivity contribution < 1.29 is 4.79 Å². The van der Waals surface area contributed by atoms with Crippen molar-refractivity contribution in [2.24, 2.45) is 0 Å². The summed E-state index contributed by atoms with van der Waals surface area (Å²) in [5.74, 6) is -0.151. The van der Waals surface area contributed by atoms with Crippen molar-refractivity contribution >= 4 is 23.2 Å². The summed E-state index contributed by atoms with van der Waals surface area (Å²) in [6.07, 6.45) is 3.29. The number of nitrogens with two attached hydrogens (primary N) is 1. The minimum atomic E-state index is -0.151. The van der Waals surface area contributed by atoms with Crippen molar-refractivity contribution in [3.05, 3.63) is 46.7 Å². The summed E-state index contributed by atoms with van der Waals surface area (Å²) in [5.41, 5.74) is 7.66. The zero-order valence-corrected chi connectivity index (χ0v) is 11.3. The molecule has 0 aliphatic rings. The van der Waals surface area contributed by atoms with E-state index in [0.29, 0.717) is 29.4 Å². The molecule has 100 valence electrons. The van der Waals surface area contributed by atoms with E-state index in [1.54, 1.807) is 29.2 Å². The van der Waals surface area contributed by atoms with Gasteiger partial charge < -0.3 is 11.1 Å². The van der Waals surface area contributed by atoms with Gasteiger partial charge in [-0.2, -0.15) is 5.10 Å². The summed E-state index contributed by atoms with van der Waals surface area (Å²) in [4.78, 5) is 11.9. The third-order valence-electron chi connectivity index (χ3n) is 2.71. The van der Waals surface area contributed by atoms with E-state index in [4.69, 9.17) is 17.3 Å². The third kappa shape index (κ3) is 3.48. The Labute approximate surface area is 116 Å². The summed E-state index contributed by atoms with van der Waals surface area (Å²) >= 11 is 5.98. The molecule has 3 N–H and O–H groups in total. The first-order valence-corrected chi connectivity index (χ1v) is 6.26. The van der Waals surface area contributed by atoms with E-state index in [1.165, 1.54) is 0 Å². The van der Waals surface area contributed by atoms with Gasteiger partial charge in [0.05, 0.1) is 18.4 Å². The van der Waals surface area contributed by atoms with E-state index in [2.05, 4.69) is 10.4 Å². The second-order valence-electron chi connectivity index (χ2n) is 4.26. The highest BCUT2D eigenvalue weighted by atomic mass is 35.5. The van der Waals surface area contributed by atoms with Crippen molar-refractivity contribution in [1.82, 2.24) is 15.1 Å². The number of aromatic nitrogens is 2. The number of carbonyl (C=O) groups excluding carboxylic acids is 1. The van der Waals surface area contributed by atoms with Gasteiger partial charge >= 0.3 is 0 Å². The number of anilines is 1. The van der Waals surface area contributed by atoms with Crippen LogP contribution in [0.25, 0.3) is 0 Å². The van der Waals surface area contributed by atoms with Crippen molar-refractivity contribution in [3.8, 4) is 0 Å². The van der Waals surface area contributed by atoms with Crippen LogP contribution >= 0.6 is 11.6 Å². The van der Waals surface area contributed by atoms with Gasteiger partial charge in [0.15, 0.2) is 0 Å². The maximum absolute atomic E-state index is 11.9. The molecule has 1 heterocycles. The number of carbonyl (C=O) groups is 1. The maximum atomic E-state index is 11.9. The van der Waals surface area contributed by atoms with Gasteiger partial charge in [0.2, 0.25) is 0 Å². The number of hydrogen-bond acceptors (Lipinski definition) is 3. The van der Waals surface area contributed by atoms with Crippen LogP contribution in [-0.2, 0) is 6.54 Å². The molecule has 2 rings (SSSR count). The lowest BCUT2D eigenvalue weighted by Gasteiger charge is -2.06. The zero-order valence-electron chi connectivity index (χ0n) is 10.6. The number of amides is 1. The number of rotatable bonds is 4. The minimum absolute atomic E-state index is 0.151. The van der Waals surface area contributed by atoms with Crippen LogP contribution in [0.4, 0.5) is 5.69 Å². The molecular formula is C13H15ClN4O. The van der Waals surface area contributed by atoms with Crippen LogP contribution in [0.3, 0.4) is 0 Å². The first-order chi connectivity index (χ1) is 9.06. The predicted molar refractivity (Wildman–Crippen MR) is 75.2 cm³/mol. The lowest BCUT2D eigenvalue weighted by Crippen LogP contribution is -2.27. The molecule has 0 bridgehead atoms. The van der Waals surface area contributed by atoms with E-state index in [-0.39, 0.29) is 5.91 Å². The van der Waals surface area contributed by atoms with E-state index in [1.807, 2.05) is 13.0 Å². The van der Waals surface area contributed by atoms with E-state index in [9.17, 15) is 4.79 Å². The van der Waals surface area contributed by atoms with Crippen molar-refractivity contribution in [3.63, 3.8) is 0 Å². The monoisotopic (exact) mass is 278 g/mol. The van der Waals surface area contributed by atoms with Crippen LogP contribution in [0.5, 0.6) is 0 Å². The van der Waals surface area contributed by atoms with Gasteiger partial charge in [-0.05, 0) is 24.6 Å².